The maximum Gasteiger partial charge on any atom is 0.261 e. The normalized spacial score (nSPS) is 17.0. The molecule has 9 nitrogen and oxygen atoms in total. The van der Waals surface area contributed by atoms with Gasteiger partial charge in [-0.15, -0.1) is 0 Å². The monoisotopic (exact) mass is 473 g/mol. The Morgan fingerprint density at radius 1 is 1.09 bits per heavy atom. The van der Waals surface area contributed by atoms with Crippen LogP contribution in [-0.2, 0) is 16.1 Å². The van der Waals surface area contributed by atoms with Gasteiger partial charge in [-0.05, 0) is 56.0 Å². The van der Waals surface area contributed by atoms with Gasteiger partial charge < -0.3 is 15.5 Å². The zero-order chi connectivity index (χ0) is 24.4. The Hall–Kier alpha value is -4.01. The minimum absolute atomic E-state index is 0.0532. The highest BCUT2D eigenvalue weighted by atomic mass is 16.2. The Bertz CT molecular complexity index is 1370. The Balaban J connectivity index is 1.13. The number of anilines is 2. The number of aromatic nitrogens is 2. The van der Waals surface area contributed by atoms with E-state index in [2.05, 4.69) is 15.6 Å². The van der Waals surface area contributed by atoms with Crippen molar-refractivity contribution in [3.63, 3.8) is 0 Å². The van der Waals surface area contributed by atoms with Gasteiger partial charge in [-0.2, -0.15) is 0 Å². The number of carbonyl (C=O) groups excluding carboxylic acids is 3. The quantitative estimate of drug-likeness (QED) is 0.512. The van der Waals surface area contributed by atoms with Gasteiger partial charge in [0.15, 0.2) is 0 Å². The molecule has 0 saturated carbocycles. The highest BCUT2D eigenvalue weighted by Gasteiger charge is 2.38. The van der Waals surface area contributed by atoms with E-state index < -0.39 is 6.04 Å². The summed E-state index contributed by atoms with van der Waals surface area (Å²) in [6.45, 7) is 1.11. The number of carbonyl (C=O) groups is 3. The second-order valence-electron chi connectivity index (χ2n) is 9.03. The van der Waals surface area contributed by atoms with Crippen LogP contribution in [0, 0.1) is 0 Å². The molecule has 2 aliphatic rings. The van der Waals surface area contributed by atoms with Crippen molar-refractivity contribution in [1.29, 1.82) is 0 Å². The van der Waals surface area contributed by atoms with Crippen LogP contribution in [0.15, 0.2) is 53.6 Å². The van der Waals surface area contributed by atoms with Crippen LogP contribution in [0.5, 0.6) is 0 Å². The van der Waals surface area contributed by atoms with Crippen LogP contribution in [0.1, 0.15) is 48.9 Å². The largest absolute Gasteiger partial charge is 0.327 e. The summed E-state index contributed by atoms with van der Waals surface area (Å²) in [6.07, 6.45) is 5.61. The fraction of sp³-hybridized carbons (Fsp3) is 0.346. The fourth-order valence-corrected chi connectivity index (χ4v) is 4.79. The molecule has 3 aromatic rings. The number of fused-ring (bicyclic) bond motifs is 3. The molecule has 1 saturated heterocycles. The third kappa shape index (κ3) is 4.66. The van der Waals surface area contributed by atoms with E-state index in [4.69, 9.17) is 0 Å². The highest BCUT2D eigenvalue weighted by Crippen LogP contribution is 2.30. The molecule has 35 heavy (non-hydrogen) atoms. The molecule has 5 rings (SSSR count). The number of nitrogens with zero attached hydrogens (tertiary/aromatic N) is 3. The molecule has 2 N–H and O–H groups in total. The van der Waals surface area contributed by atoms with E-state index in [9.17, 15) is 19.2 Å². The molecule has 0 aliphatic carbocycles. The van der Waals surface area contributed by atoms with Crippen LogP contribution in [0.4, 0.5) is 11.4 Å². The van der Waals surface area contributed by atoms with Gasteiger partial charge in [-0.3, -0.25) is 23.7 Å². The van der Waals surface area contributed by atoms with E-state index in [1.54, 1.807) is 40.1 Å². The number of amides is 3. The summed E-state index contributed by atoms with van der Waals surface area (Å²) < 4.78 is 1.61. The zero-order valence-electron chi connectivity index (χ0n) is 19.3. The van der Waals surface area contributed by atoms with Crippen molar-refractivity contribution < 1.29 is 14.4 Å². The summed E-state index contributed by atoms with van der Waals surface area (Å²) in [6, 6.07) is 11.8. The molecule has 0 bridgehead atoms. The van der Waals surface area contributed by atoms with Gasteiger partial charge in [-0.25, -0.2) is 4.98 Å². The molecule has 3 amide bonds. The lowest BCUT2D eigenvalue weighted by Crippen LogP contribution is -2.40. The first-order valence-corrected chi connectivity index (χ1v) is 12.0. The maximum atomic E-state index is 13.0. The molecule has 180 valence electrons. The number of rotatable bonds is 7. The predicted octanol–water partition coefficient (Wildman–Crippen LogP) is 3.15. The number of nitrogens with one attached hydrogen (secondary N) is 2. The van der Waals surface area contributed by atoms with Crippen molar-refractivity contribution in [3.8, 4) is 0 Å². The summed E-state index contributed by atoms with van der Waals surface area (Å²) in [5, 5.41) is 6.30. The Morgan fingerprint density at radius 3 is 2.83 bits per heavy atom. The van der Waals surface area contributed by atoms with Gasteiger partial charge in [0.1, 0.15) is 6.04 Å². The van der Waals surface area contributed by atoms with Crippen LogP contribution in [0.3, 0.4) is 0 Å². The lowest BCUT2D eigenvalue weighted by atomic mass is 10.1. The first kappa shape index (κ1) is 22.8. The lowest BCUT2D eigenvalue weighted by Gasteiger charge is -2.20. The standard InChI is InChI=1S/C26H27N5O4/c32-23(10-2-1-5-13-30-16-27-20-8-4-3-7-18(20)25(30)34)28-17-11-12-21-19(15-17)26(35)31-14-6-9-22(31)24(33)29-21/h3-4,7-8,11-12,15-16,22H,1-2,5-6,9-10,13-14H2,(H,28,32)(H,29,33)/t22-/m0/s1. The van der Waals surface area contributed by atoms with E-state index in [0.29, 0.717) is 60.2 Å². The topological polar surface area (TPSA) is 113 Å². The SMILES string of the molecule is O=C(CCCCCn1cnc2ccccc2c1=O)Nc1ccc2c(c1)C(=O)N1CCC[C@H]1C(=O)N2. The van der Waals surface area contributed by atoms with Crippen molar-refractivity contribution in [2.24, 2.45) is 0 Å². The average molecular weight is 474 g/mol. The maximum absolute atomic E-state index is 13.0. The molecule has 1 aromatic heterocycles. The second kappa shape index (κ2) is 9.69. The number of para-hydroxylation sites is 1. The van der Waals surface area contributed by atoms with E-state index in [1.807, 2.05) is 18.2 Å². The molecule has 0 unspecified atom stereocenters. The number of hydrogen-bond acceptors (Lipinski definition) is 5. The molecule has 9 heteroatoms. The summed E-state index contributed by atoms with van der Waals surface area (Å²) in [5.41, 5.74) is 2.04. The van der Waals surface area contributed by atoms with Gasteiger partial charge >= 0.3 is 0 Å². The van der Waals surface area contributed by atoms with Crippen LogP contribution in [0.2, 0.25) is 0 Å². The summed E-state index contributed by atoms with van der Waals surface area (Å²) in [7, 11) is 0. The number of unbranched alkanes of at least 4 members (excludes halogenated alkanes) is 2. The smallest absolute Gasteiger partial charge is 0.261 e. The zero-order valence-corrected chi connectivity index (χ0v) is 19.3. The van der Waals surface area contributed by atoms with Crippen LogP contribution < -0.4 is 16.2 Å². The van der Waals surface area contributed by atoms with Gasteiger partial charge in [0.2, 0.25) is 11.8 Å². The van der Waals surface area contributed by atoms with E-state index in [0.717, 1.165) is 19.3 Å². The molecule has 3 heterocycles. The summed E-state index contributed by atoms with van der Waals surface area (Å²) >= 11 is 0. The molecule has 1 fully saturated rings. The second-order valence-corrected chi connectivity index (χ2v) is 9.03. The van der Waals surface area contributed by atoms with Crippen molar-refractivity contribution in [3.05, 3.63) is 64.7 Å². The van der Waals surface area contributed by atoms with Crippen molar-refractivity contribution >= 4 is 40.0 Å². The average Bonchev–Trinajstić information content (AvgIpc) is 3.33. The first-order valence-electron chi connectivity index (χ1n) is 12.0. The lowest BCUT2D eigenvalue weighted by molar-refractivity contribution is -0.119. The minimum Gasteiger partial charge on any atom is -0.327 e. The minimum atomic E-state index is -0.422. The Kier molecular flexibility index (Phi) is 6.31. The molecule has 0 spiro atoms. The van der Waals surface area contributed by atoms with E-state index in [-0.39, 0.29) is 23.3 Å². The van der Waals surface area contributed by atoms with Crippen LogP contribution in [0.25, 0.3) is 10.9 Å². The third-order valence-electron chi connectivity index (χ3n) is 6.64. The first-order chi connectivity index (χ1) is 17.0. The molecular weight excluding hydrogens is 446 g/mol. The molecule has 2 aliphatic heterocycles. The Morgan fingerprint density at radius 2 is 1.94 bits per heavy atom. The van der Waals surface area contributed by atoms with Gasteiger partial charge in [0.05, 0.1) is 28.5 Å². The fourth-order valence-electron chi connectivity index (χ4n) is 4.79. The summed E-state index contributed by atoms with van der Waals surface area (Å²) in [4.78, 5) is 56.3. The van der Waals surface area contributed by atoms with Crippen molar-refractivity contribution in [2.75, 3.05) is 17.2 Å². The van der Waals surface area contributed by atoms with E-state index in [1.165, 1.54) is 0 Å². The predicted molar refractivity (Wildman–Crippen MR) is 132 cm³/mol. The highest BCUT2D eigenvalue weighted by molar-refractivity contribution is 6.11. The third-order valence-corrected chi connectivity index (χ3v) is 6.64. The van der Waals surface area contributed by atoms with E-state index >= 15 is 0 Å². The molecule has 2 aromatic carbocycles. The summed E-state index contributed by atoms with van der Waals surface area (Å²) in [5.74, 6) is -0.484. The van der Waals surface area contributed by atoms with Crippen LogP contribution >= 0.6 is 0 Å². The molecule has 0 radical (unpaired) electrons. The van der Waals surface area contributed by atoms with Crippen molar-refractivity contribution in [1.82, 2.24) is 14.5 Å². The number of hydrogen-bond donors (Lipinski definition) is 2. The van der Waals surface area contributed by atoms with Gasteiger partial charge in [-0.1, -0.05) is 18.6 Å². The molecular formula is C26H27N5O4. The molecule has 1 atom stereocenters. The van der Waals surface area contributed by atoms with Gasteiger partial charge in [0, 0.05) is 25.2 Å². The van der Waals surface area contributed by atoms with Crippen LogP contribution in [-0.4, -0.2) is 44.8 Å². The Labute approximate surface area is 202 Å². The van der Waals surface area contributed by atoms with Gasteiger partial charge in [0.25, 0.3) is 11.5 Å². The number of benzene rings is 2. The number of aryl methyl sites for hydroxylation is 1. The van der Waals surface area contributed by atoms with Crippen molar-refractivity contribution in [2.45, 2.75) is 51.1 Å².